The fourth-order valence-electron chi connectivity index (χ4n) is 11.0. The minimum absolute atomic E-state index is 0.0139. The topological polar surface area (TPSA) is 214 Å². The monoisotopic (exact) mass is 1100 g/mol. The van der Waals surface area contributed by atoms with Crippen LogP contribution < -0.4 is 30.7 Å². The number of phenols is 2. The van der Waals surface area contributed by atoms with Crippen LogP contribution in [0.1, 0.15) is 95.2 Å². The first-order chi connectivity index (χ1) is 38.9. The number of hydrogen-bond acceptors (Lipinski definition) is 17. The molecular formula is C62H87N11O7. The summed E-state index contributed by atoms with van der Waals surface area (Å²) in [7, 11) is 3.46. The molecule has 0 saturated carbocycles. The average molecular weight is 1100 g/mol. The van der Waals surface area contributed by atoms with Gasteiger partial charge in [0.1, 0.15) is 36.3 Å². The zero-order valence-corrected chi connectivity index (χ0v) is 48.2. The molecule has 1 amide bonds. The minimum atomic E-state index is 0.0139. The summed E-state index contributed by atoms with van der Waals surface area (Å²) in [4.78, 5) is 40.1. The Bertz CT molecular complexity index is 2760. The summed E-state index contributed by atoms with van der Waals surface area (Å²) < 4.78 is 22.5. The van der Waals surface area contributed by atoms with Crippen molar-refractivity contribution >= 4 is 50.5 Å². The highest BCUT2D eigenvalue weighted by Gasteiger charge is 2.29. The molecule has 0 unspecified atom stereocenters. The molecule has 10 rings (SSSR count). The molecule has 0 radical (unpaired) electrons. The van der Waals surface area contributed by atoms with Gasteiger partial charge in [-0.05, 0) is 94.4 Å². The Morgan fingerprint density at radius 2 is 1.10 bits per heavy atom. The average Bonchev–Trinajstić information content (AvgIpc) is 4.14. The number of fused-ring (bicyclic) bond motifs is 4. The molecular weight excluding hydrogens is 1010 g/mol. The number of unbranched alkanes of at least 4 members (excludes halogenated alkanes) is 2. The number of methoxy groups -OCH3 is 2. The number of carbonyl (C=O) groups is 1. The molecule has 2 fully saturated rings. The summed E-state index contributed by atoms with van der Waals surface area (Å²) >= 11 is 0. The molecule has 18 heteroatoms. The molecule has 2 aromatic heterocycles. The summed E-state index contributed by atoms with van der Waals surface area (Å²) in [5.41, 5.74) is 18.4. The van der Waals surface area contributed by atoms with Crippen molar-refractivity contribution < 1.29 is 34.0 Å². The lowest BCUT2D eigenvalue weighted by molar-refractivity contribution is -0.125. The van der Waals surface area contributed by atoms with E-state index in [1.165, 1.54) is 25.3 Å². The van der Waals surface area contributed by atoms with Crippen molar-refractivity contribution in [3.8, 4) is 23.5 Å². The van der Waals surface area contributed by atoms with E-state index in [2.05, 4.69) is 62.1 Å². The molecule has 80 heavy (non-hydrogen) atoms. The molecule has 6 N–H and O–H groups in total. The molecule has 0 aliphatic carbocycles. The maximum absolute atomic E-state index is 10.8. The number of aromatic nitrogens is 4. The van der Waals surface area contributed by atoms with E-state index in [9.17, 15) is 15.0 Å². The van der Waals surface area contributed by atoms with Crippen molar-refractivity contribution in [2.75, 3.05) is 114 Å². The van der Waals surface area contributed by atoms with Crippen LogP contribution >= 0.6 is 0 Å². The lowest BCUT2D eigenvalue weighted by Crippen LogP contribution is -2.36. The number of anilines is 4. The molecule has 4 aliphatic heterocycles. The second kappa shape index (κ2) is 30.6. The molecule has 4 aliphatic rings. The van der Waals surface area contributed by atoms with Crippen molar-refractivity contribution in [1.82, 2.24) is 34.6 Å². The van der Waals surface area contributed by atoms with Crippen molar-refractivity contribution in [2.45, 2.75) is 111 Å². The molecule has 6 aromatic rings. The Morgan fingerprint density at radius 3 is 1.48 bits per heavy atom. The van der Waals surface area contributed by atoms with Gasteiger partial charge in [-0.1, -0.05) is 88.2 Å². The first-order valence-corrected chi connectivity index (χ1v) is 28.8. The number of aromatic hydroxyl groups is 2. The molecule has 432 valence electrons. The van der Waals surface area contributed by atoms with Crippen molar-refractivity contribution in [2.24, 2.45) is 0 Å². The fourth-order valence-corrected chi connectivity index (χ4v) is 11.0. The maximum Gasteiger partial charge on any atom is 0.318 e. The summed E-state index contributed by atoms with van der Waals surface area (Å²) in [5.74, 6) is 1.53. The Kier molecular flexibility index (Phi) is 23.2. The Balaban J connectivity index is 0.000000187. The van der Waals surface area contributed by atoms with Gasteiger partial charge in [0, 0.05) is 111 Å². The molecule has 6 heterocycles. The number of nitrogens with two attached hydrogens (primary N) is 2. The smallest absolute Gasteiger partial charge is 0.318 e. The number of ether oxygens (including phenoxy) is 4. The third kappa shape index (κ3) is 16.1. The van der Waals surface area contributed by atoms with Gasteiger partial charge >= 0.3 is 12.0 Å². The molecule has 4 aromatic carbocycles. The summed E-state index contributed by atoms with van der Waals surface area (Å²) in [5, 5.41) is 24.8. The van der Waals surface area contributed by atoms with Gasteiger partial charge in [-0.15, -0.1) is 0 Å². The standard InChI is InChI=1S/2C25H31N5O3.C7H13NO.C5H12/c2*1-32-12-11-29-9-4-6-18(29)16-33-25-27-22-15-30(10-8-21(22)24(26)28-25)23-14-19(31)13-17-5-2-3-7-20(17)23;1-4-7(9)8(5-2)6-3;1-3-5-4-2/h2*2-3,5,7,13-14,18,31H,4,6,8-12,15-16H2,1H3,(H2,26,27,28);4H,1,5-6H2,2-3H3;3-5H2,1-2H3/t2*18-;;/m00../s1. The van der Waals surface area contributed by atoms with E-state index in [4.69, 9.17) is 40.4 Å². The highest BCUT2D eigenvalue weighted by atomic mass is 16.5. The molecule has 2 saturated heterocycles. The van der Waals surface area contributed by atoms with Gasteiger partial charge in [0.2, 0.25) is 5.91 Å². The van der Waals surface area contributed by atoms with Crippen molar-refractivity contribution in [3.63, 3.8) is 0 Å². The van der Waals surface area contributed by atoms with E-state index in [1.54, 1.807) is 31.3 Å². The van der Waals surface area contributed by atoms with Crippen LogP contribution in [0.3, 0.4) is 0 Å². The van der Waals surface area contributed by atoms with Crippen molar-refractivity contribution in [3.05, 3.63) is 108 Å². The van der Waals surface area contributed by atoms with Crippen LogP contribution in [0.2, 0.25) is 0 Å². The van der Waals surface area contributed by atoms with Crippen LogP contribution in [0.4, 0.5) is 23.0 Å². The maximum atomic E-state index is 10.8. The molecule has 0 spiro atoms. The second-order valence-corrected chi connectivity index (χ2v) is 20.7. The van der Waals surface area contributed by atoms with Gasteiger partial charge in [-0.3, -0.25) is 14.6 Å². The normalized spacial score (nSPS) is 16.8. The van der Waals surface area contributed by atoms with E-state index in [0.29, 0.717) is 62.0 Å². The first kappa shape index (κ1) is 60.6. The SMILES string of the molecule is C=CC(=O)N(CC)CC.CCCCC.COCCN1CCC[C@H]1COc1nc(N)c2c(n1)CN(c1cc(O)cc3ccccc13)CC2.COCCN1CCC[C@H]1COc1nc(N)c2c(n1)CN(c1cc(O)cc3ccccc13)CC2. The quantitative estimate of drug-likeness (QED) is 0.0556. The second-order valence-electron chi connectivity index (χ2n) is 20.7. The van der Waals surface area contributed by atoms with Crippen molar-refractivity contribution in [1.29, 1.82) is 0 Å². The summed E-state index contributed by atoms with van der Waals surface area (Å²) in [6, 6.07) is 24.8. The van der Waals surface area contributed by atoms with Crippen LogP contribution in [-0.4, -0.2) is 156 Å². The van der Waals surface area contributed by atoms with Crippen LogP contribution in [0.15, 0.2) is 85.5 Å². The number of likely N-dealkylation sites (N-methyl/N-ethyl adjacent to an activating group) is 1. The van der Waals surface area contributed by atoms with Gasteiger partial charge in [0.05, 0.1) is 37.7 Å². The highest BCUT2D eigenvalue weighted by Crippen LogP contribution is 2.37. The lowest BCUT2D eigenvalue weighted by Gasteiger charge is -2.31. The van der Waals surface area contributed by atoms with Crippen LogP contribution in [-0.2, 0) is 40.2 Å². The minimum Gasteiger partial charge on any atom is -0.508 e. The van der Waals surface area contributed by atoms with Gasteiger partial charge in [0.15, 0.2) is 0 Å². The fraction of sp³-hybridized carbons (Fsp3) is 0.500. The van der Waals surface area contributed by atoms with Crippen LogP contribution in [0.5, 0.6) is 23.5 Å². The number of carbonyl (C=O) groups excluding carboxylic acids is 1. The summed E-state index contributed by atoms with van der Waals surface area (Å²) in [6.07, 6.45) is 11.4. The highest BCUT2D eigenvalue weighted by molar-refractivity contribution is 5.96. The number of hydrogen-bond donors (Lipinski definition) is 4. The number of phenolic OH excluding ortho intramolecular Hbond substituents is 2. The van der Waals surface area contributed by atoms with Crippen LogP contribution in [0, 0.1) is 0 Å². The molecule has 18 nitrogen and oxygen atoms in total. The van der Waals surface area contributed by atoms with Gasteiger partial charge in [-0.2, -0.15) is 19.9 Å². The number of nitrogens with zero attached hydrogens (tertiary/aromatic N) is 9. The number of nitrogen functional groups attached to an aromatic ring is 2. The third-order valence-electron chi connectivity index (χ3n) is 15.4. The third-order valence-corrected chi connectivity index (χ3v) is 15.4. The van der Waals surface area contributed by atoms with E-state index in [-0.39, 0.29) is 17.4 Å². The molecule has 0 bridgehead atoms. The number of benzene rings is 4. The van der Waals surface area contributed by atoms with Gasteiger partial charge < -0.3 is 55.3 Å². The Labute approximate surface area is 473 Å². The van der Waals surface area contributed by atoms with E-state index < -0.39 is 0 Å². The summed E-state index contributed by atoms with van der Waals surface area (Å²) in [6.45, 7) is 22.5. The zero-order chi connectivity index (χ0) is 57.0. The predicted octanol–water partition coefficient (Wildman–Crippen LogP) is 9.18. The Hall–Kier alpha value is -6.99. The zero-order valence-electron chi connectivity index (χ0n) is 48.2. The van der Waals surface area contributed by atoms with Crippen LogP contribution in [0.25, 0.3) is 21.5 Å². The van der Waals surface area contributed by atoms with E-state index in [1.807, 2.05) is 62.4 Å². The molecule has 2 atom stereocenters. The van der Waals surface area contributed by atoms with Gasteiger partial charge in [0.25, 0.3) is 0 Å². The largest absolute Gasteiger partial charge is 0.508 e. The number of likely N-dealkylation sites (tertiary alicyclic amines) is 2. The first-order valence-electron chi connectivity index (χ1n) is 28.8. The predicted molar refractivity (Wildman–Crippen MR) is 321 cm³/mol. The van der Waals surface area contributed by atoms with E-state index >= 15 is 0 Å². The number of rotatable bonds is 19. The number of amides is 1. The Morgan fingerprint density at radius 1 is 0.662 bits per heavy atom. The van der Waals surface area contributed by atoms with E-state index in [0.717, 1.165) is 160 Å². The van der Waals surface area contributed by atoms with Gasteiger partial charge in [-0.25, -0.2) is 0 Å². The lowest BCUT2D eigenvalue weighted by atomic mass is 10.0.